The Balaban J connectivity index is 2.26. The summed E-state index contributed by atoms with van der Waals surface area (Å²) < 4.78 is 5.06. The first-order chi connectivity index (χ1) is 8.63. The van der Waals surface area contributed by atoms with E-state index in [4.69, 9.17) is 9.68 Å². The molecular formula is C13H11N3O2. The summed E-state index contributed by atoms with van der Waals surface area (Å²) in [6.07, 6.45) is 1.25. The molecule has 0 aliphatic rings. The highest BCUT2D eigenvalue weighted by atomic mass is 16.3. The zero-order valence-corrected chi connectivity index (χ0v) is 10.0. The summed E-state index contributed by atoms with van der Waals surface area (Å²) in [5.74, 6) is -0.0448. The van der Waals surface area contributed by atoms with E-state index in [9.17, 15) is 4.79 Å². The van der Waals surface area contributed by atoms with Crippen LogP contribution in [0.15, 0.2) is 35.1 Å². The van der Waals surface area contributed by atoms with Gasteiger partial charge in [-0.05, 0) is 31.2 Å². The van der Waals surface area contributed by atoms with Crippen LogP contribution in [0, 0.1) is 18.3 Å². The molecule has 0 fully saturated rings. The predicted octanol–water partition coefficient (Wildman–Crippen LogP) is 2.13. The third-order valence-corrected chi connectivity index (χ3v) is 2.63. The molecule has 0 saturated carbocycles. The number of nitrogens with zero attached hydrogens (tertiary/aromatic N) is 3. The molecule has 0 spiro atoms. The summed E-state index contributed by atoms with van der Waals surface area (Å²) in [6, 6.07) is 8.77. The van der Waals surface area contributed by atoms with Gasteiger partial charge in [-0.15, -0.1) is 0 Å². The predicted molar refractivity (Wildman–Crippen MR) is 65.1 cm³/mol. The normalized spacial score (nSPS) is 9.83. The number of aryl methyl sites for hydroxylation is 1. The number of amides is 1. The van der Waals surface area contributed by atoms with Crippen molar-refractivity contribution in [2.24, 2.45) is 0 Å². The van der Waals surface area contributed by atoms with Crippen LogP contribution in [0.3, 0.4) is 0 Å². The van der Waals surface area contributed by atoms with Gasteiger partial charge in [0, 0.05) is 12.7 Å². The lowest BCUT2D eigenvalue weighted by molar-refractivity contribution is 0.0965. The summed E-state index contributed by atoms with van der Waals surface area (Å²) in [6.45, 7) is 1.71. The Hall–Kier alpha value is -2.61. The minimum atomic E-state index is -0.269. The van der Waals surface area contributed by atoms with Gasteiger partial charge in [-0.1, -0.05) is 0 Å². The van der Waals surface area contributed by atoms with Crippen LogP contribution in [0.2, 0.25) is 0 Å². The van der Waals surface area contributed by atoms with Crippen molar-refractivity contribution < 1.29 is 9.21 Å². The summed E-state index contributed by atoms with van der Waals surface area (Å²) in [4.78, 5) is 17.4. The first-order valence-corrected chi connectivity index (χ1v) is 5.32. The second-order valence-electron chi connectivity index (χ2n) is 3.79. The highest BCUT2D eigenvalue weighted by Gasteiger charge is 2.19. The number of oxazole rings is 1. The molecule has 5 heteroatoms. The van der Waals surface area contributed by atoms with E-state index in [-0.39, 0.29) is 11.7 Å². The summed E-state index contributed by atoms with van der Waals surface area (Å²) in [5.41, 5.74) is 1.80. The van der Waals surface area contributed by atoms with Gasteiger partial charge in [-0.3, -0.25) is 4.79 Å². The molecule has 2 rings (SSSR count). The van der Waals surface area contributed by atoms with Crippen LogP contribution in [-0.4, -0.2) is 17.9 Å². The van der Waals surface area contributed by atoms with Gasteiger partial charge in [0.05, 0.1) is 17.3 Å². The van der Waals surface area contributed by atoms with E-state index < -0.39 is 0 Å². The summed E-state index contributed by atoms with van der Waals surface area (Å²) >= 11 is 0. The van der Waals surface area contributed by atoms with E-state index in [0.29, 0.717) is 16.9 Å². The van der Waals surface area contributed by atoms with E-state index in [1.807, 2.05) is 6.07 Å². The lowest BCUT2D eigenvalue weighted by Gasteiger charge is -2.15. The molecule has 0 saturated heterocycles. The number of hydrogen-bond donors (Lipinski definition) is 0. The number of carbonyl (C=O) groups excluding carboxylic acids is 1. The zero-order chi connectivity index (χ0) is 13.1. The smallest absolute Gasteiger partial charge is 0.295 e. The molecule has 18 heavy (non-hydrogen) atoms. The molecule has 0 N–H and O–H groups in total. The Morgan fingerprint density at radius 1 is 1.39 bits per heavy atom. The highest BCUT2D eigenvalue weighted by molar-refractivity contribution is 6.04. The van der Waals surface area contributed by atoms with Crippen molar-refractivity contribution in [3.8, 4) is 6.07 Å². The molecule has 1 heterocycles. The molecular weight excluding hydrogens is 230 g/mol. The second-order valence-corrected chi connectivity index (χ2v) is 3.79. The third kappa shape index (κ3) is 2.09. The number of nitriles is 1. The largest absolute Gasteiger partial charge is 0.438 e. The van der Waals surface area contributed by atoms with Crippen molar-refractivity contribution in [3.05, 3.63) is 47.7 Å². The molecule has 0 aliphatic carbocycles. The maximum atomic E-state index is 12.1. The van der Waals surface area contributed by atoms with E-state index >= 15 is 0 Å². The first-order valence-electron chi connectivity index (χ1n) is 5.32. The van der Waals surface area contributed by atoms with Crippen molar-refractivity contribution in [2.75, 3.05) is 11.9 Å². The van der Waals surface area contributed by atoms with E-state index in [1.54, 1.807) is 38.2 Å². The molecule has 0 radical (unpaired) electrons. The average Bonchev–Trinajstić information content (AvgIpc) is 2.83. The molecule has 0 bridgehead atoms. The van der Waals surface area contributed by atoms with Gasteiger partial charge in [0.2, 0.25) is 5.76 Å². The standard InChI is InChI=1S/C13H11N3O2/c1-9-12(18-8-15-9)13(17)16(2)11-5-3-10(7-14)4-6-11/h3-6,8H,1-2H3. The quantitative estimate of drug-likeness (QED) is 0.807. The number of anilines is 1. The zero-order valence-electron chi connectivity index (χ0n) is 10.0. The fourth-order valence-electron chi connectivity index (χ4n) is 1.54. The number of carbonyl (C=O) groups is 1. The van der Waals surface area contributed by atoms with Crippen LogP contribution in [0.25, 0.3) is 0 Å². The average molecular weight is 241 g/mol. The monoisotopic (exact) mass is 241 g/mol. The van der Waals surface area contributed by atoms with Crippen LogP contribution < -0.4 is 4.90 Å². The molecule has 0 unspecified atom stereocenters. The maximum Gasteiger partial charge on any atom is 0.295 e. The van der Waals surface area contributed by atoms with Gasteiger partial charge in [-0.25, -0.2) is 4.98 Å². The van der Waals surface area contributed by atoms with E-state index in [0.717, 1.165) is 0 Å². The lowest BCUT2D eigenvalue weighted by atomic mass is 10.2. The summed E-state index contributed by atoms with van der Waals surface area (Å²) in [7, 11) is 1.64. The molecule has 0 aliphatic heterocycles. The lowest BCUT2D eigenvalue weighted by Crippen LogP contribution is -2.26. The Bertz CT molecular complexity index is 608. The van der Waals surface area contributed by atoms with Gasteiger partial charge in [0.1, 0.15) is 0 Å². The number of benzene rings is 1. The fourth-order valence-corrected chi connectivity index (χ4v) is 1.54. The molecule has 1 amide bonds. The molecule has 1 aromatic heterocycles. The minimum absolute atomic E-state index is 0.224. The first kappa shape index (κ1) is 11.9. The number of rotatable bonds is 2. The summed E-state index contributed by atoms with van der Waals surface area (Å²) in [5, 5.41) is 8.71. The highest BCUT2D eigenvalue weighted by Crippen LogP contribution is 2.17. The van der Waals surface area contributed by atoms with Crippen LogP contribution >= 0.6 is 0 Å². The van der Waals surface area contributed by atoms with Crippen molar-refractivity contribution in [3.63, 3.8) is 0 Å². The Morgan fingerprint density at radius 2 is 2.06 bits per heavy atom. The van der Waals surface area contributed by atoms with Crippen LogP contribution in [0.4, 0.5) is 5.69 Å². The van der Waals surface area contributed by atoms with Gasteiger partial charge < -0.3 is 9.32 Å². The second kappa shape index (κ2) is 4.72. The third-order valence-electron chi connectivity index (χ3n) is 2.63. The van der Waals surface area contributed by atoms with Gasteiger partial charge >= 0.3 is 0 Å². The van der Waals surface area contributed by atoms with Crippen molar-refractivity contribution in [1.29, 1.82) is 5.26 Å². The molecule has 5 nitrogen and oxygen atoms in total. The Labute approximate surface area is 104 Å². The minimum Gasteiger partial charge on any atom is -0.438 e. The van der Waals surface area contributed by atoms with Gasteiger partial charge in [0.15, 0.2) is 6.39 Å². The van der Waals surface area contributed by atoms with E-state index in [1.165, 1.54) is 11.3 Å². The van der Waals surface area contributed by atoms with Crippen LogP contribution in [0.1, 0.15) is 21.8 Å². The van der Waals surface area contributed by atoms with E-state index in [2.05, 4.69) is 4.98 Å². The van der Waals surface area contributed by atoms with Crippen molar-refractivity contribution >= 4 is 11.6 Å². The molecule has 1 aromatic carbocycles. The SMILES string of the molecule is Cc1ncoc1C(=O)N(C)c1ccc(C#N)cc1. The fraction of sp³-hybridized carbons (Fsp3) is 0.154. The molecule has 0 atom stereocenters. The molecule has 2 aromatic rings. The van der Waals surface area contributed by atoms with Gasteiger partial charge in [0.25, 0.3) is 5.91 Å². The maximum absolute atomic E-state index is 12.1. The van der Waals surface area contributed by atoms with Crippen LogP contribution in [-0.2, 0) is 0 Å². The van der Waals surface area contributed by atoms with Crippen molar-refractivity contribution in [1.82, 2.24) is 4.98 Å². The topological polar surface area (TPSA) is 70.1 Å². The Kier molecular flexibility index (Phi) is 3.11. The van der Waals surface area contributed by atoms with Crippen molar-refractivity contribution in [2.45, 2.75) is 6.92 Å². The van der Waals surface area contributed by atoms with Crippen LogP contribution in [0.5, 0.6) is 0 Å². The molecule has 90 valence electrons. The number of hydrogen-bond acceptors (Lipinski definition) is 4. The number of aromatic nitrogens is 1. The van der Waals surface area contributed by atoms with Gasteiger partial charge in [-0.2, -0.15) is 5.26 Å². The Morgan fingerprint density at radius 3 is 2.56 bits per heavy atom.